The first-order chi connectivity index (χ1) is 15.2. The third-order valence-electron chi connectivity index (χ3n) is 7.31. The molecule has 1 N–H and O–H groups in total. The molecule has 162 valence electrons. The van der Waals surface area contributed by atoms with Crippen LogP contribution >= 0.6 is 0 Å². The van der Waals surface area contributed by atoms with E-state index in [2.05, 4.69) is 22.4 Å². The molecule has 2 fully saturated rings. The predicted molar refractivity (Wildman–Crippen MR) is 119 cm³/mol. The van der Waals surface area contributed by atoms with Gasteiger partial charge in [0.15, 0.2) is 0 Å². The van der Waals surface area contributed by atoms with Gasteiger partial charge in [0.1, 0.15) is 5.66 Å². The Kier molecular flexibility index (Phi) is 5.38. The van der Waals surface area contributed by atoms with Gasteiger partial charge in [-0.05, 0) is 37.0 Å². The Bertz CT molecular complexity index is 957. The van der Waals surface area contributed by atoms with Crippen molar-refractivity contribution in [2.24, 2.45) is 5.92 Å². The maximum atomic E-state index is 13.4. The number of carbonyl (C=O) groups excluding carboxylic acids is 2. The van der Waals surface area contributed by atoms with Crippen molar-refractivity contribution < 1.29 is 9.59 Å². The van der Waals surface area contributed by atoms with Crippen molar-refractivity contribution in [1.82, 2.24) is 20.1 Å². The van der Waals surface area contributed by atoms with Crippen LogP contribution in [0.4, 0.5) is 4.79 Å². The number of pyridine rings is 1. The maximum absolute atomic E-state index is 13.4. The molecule has 1 atom stereocenters. The number of carbonyl (C=O) groups is 2. The van der Waals surface area contributed by atoms with E-state index < -0.39 is 5.66 Å². The zero-order chi connectivity index (χ0) is 21.3. The van der Waals surface area contributed by atoms with Gasteiger partial charge in [0.25, 0.3) is 5.91 Å². The molecule has 1 aromatic carbocycles. The molecule has 3 amide bonds. The van der Waals surface area contributed by atoms with Crippen molar-refractivity contribution in [3.05, 3.63) is 65.5 Å². The molecule has 3 heterocycles. The molecule has 31 heavy (non-hydrogen) atoms. The number of benzene rings is 1. The average molecular weight is 419 g/mol. The Labute approximate surface area is 183 Å². The van der Waals surface area contributed by atoms with Crippen LogP contribution in [-0.4, -0.2) is 52.0 Å². The molecule has 2 aromatic rings. The first-order valence-electron chi connectivity index (χ1n) is 11.6. The van der Waals surface area contributed by atoms with Crippen molar-refractivity contribution in [3.63, 3.8) is 0 Å². The molecule has 6 heteroatoms. The number of hydrogen-bond donors (Lipinski definition) is 1. The van der Waals surface area contributed by atoms with Crippen LogP contribution in [0.25, 0.3) is 0 Å². The lowest BCUT2D eigenvalue weighted by Crippen LogP contribution is -2.66. The fourth-order valence-electron chi connectivity index (χ4n) is 5.85. The third-order valence-corrected chi connectivity index (χ3v) is 7.31. The van der Waals surface area contributed by atoms with Gasteiger partial charge in [0.05, 0.1) is 11.3 Å². The van der Waals surface area contributed by atoms with Crippen LogP contribution in [0.15, 0.2) is 48.7 Å². The van der Waals surface area contributed by atoms with E-state index in [9.17, 15) is 9.59 Å². The molecule has 1 aliphatic carbocycles. The number of hydrogen-bond acceptors (Lipinski definition) is 3. The first-order valence-corrected chi connectivity index (χ1v) is 11.6. The van der Waals surface area contributed by atoms with Crippen molar-refractivity contribution in [2.45, 2.75) is 50.6 Å². The van der Waals surface area contributed by atoms with Crippen LogP contribution < -0.4 is 5.32 Å². The van der Waals surface area contributed by atoms with Crippen LogP contribution in [0, 0.1) is 5.92 Å². The highest BCUT2D eigenvalue weighted by atomic mass is 16.2. The molecule has 0 radical (unpaired) electrons. The van der Waals surface area contributed by atoms with E-state index in [0.717, 1.165) is 37.8 Å². The van der Waals surface area contributed by atoms with E-state index in [4.69, 9.17) is 0 Å². The fraction of sp³-hybridized carbons (Fsp3) is 0.480. The van der Waals surface area contributed by atoms with E-state index in [0.29, 0.717) is 37.5 Å². The lowest BCUT2D eigenvalue weighted by molar-refractivity contribution is -0.0263. The summed E-state index contributed by atoms with van der Waals surface area (Å²) in [7, 11) is 0. The smallest absolute Gasteiger partial charge is 0.319 e. The normalized spacial score (nSPS) is 23.4. The summed E-state index contributed by atoms with van der Waals surface area (Å²) in [5.74, 6) is 0.322. The quantitative estimate of drug-likeness (QED) is 0.825. The monoisotopic (exact) mass is 418 g/mol. The molecule has 6 nitrogen and oxygen atoms in total. The standard InChI is InChI=1S/C25H30N4O2/c30-23-21-12-7-14-26-22(21)18-25(20-10-5-2-6-11-20)28(23)16-17-29(25)24(31)27-15-13-19-8-3-1-4-9-19/h1,3-4,7-9,12,14,20H,2,5-6,10-11,13,15-18H2,(H,27,31). The molecule has 3 aliphatic rings. The van der Waals surface area contributed by atoms with Crippen molar-refractivity contribution in [3.8, 4) is 0 Å². The Hall–Kier alpha value is -2.89. The van der Waals surface area contributed by atoms with Gasteiger partial charge in [-0.25, -0.2) is 4.79 Å². The van der Waals surface area contributed by atoms with Gasteiger partial charge < -0.3 is 10.2 Å². The Morgan fingerprint density at radius 3 is 2.68 bits per heavy atom. The molecule has 1 unspecified atom stereocenters. The van der Waals surface area contributed by atoms with Crippen LogP contribution in [-0.2, 0) is 12.8 Å². The molecular weight excluding hydrogens is 388 g/mol. The van der Waals surface area contributed by atoms with Gasteiger partial charge in [0.2, 0.25) is 0 Å². The number of nitrogens with zero attached hydrogens (tertiary/aromatic N) is 3. The van der Waals surface area contributed by atoms with E-state index in [1.54, 1.807) is 6.20 Å². The summed E-state index contributed by atoms with van der Waals surface area (Å²) in [6.07, 6.45) is 8.85. The summed E-state index contributed by atoms with van der Waals surface area (Å²) < 4.78 is 0. The van der Waals surface area contributed by atoms with Gasteiger partial charge in [-0.2, -0.15) is 0 Å². The highest BCUT2D eigenvalue weighted by Gasteiger charge is 2.58. The lowest BCUT2D eigenvalue weighted by Gasteiger charge is -2.52. The van der Waals surface area contributed by atoms with Crippen LogP contribution in [0.1, 0.15) is 53.7 Å². The number of amides is 3. The SMILES string of the molecule is O=C(NCCc1ccccc1)N1CCN2C(=O)c3cccnc3CC12C1CCCCC1. The number of urea groups is 1. The molecule has 1 saturated carbocycles. The van der Waals surface area contributed by atoms with Crippen molar-refractivity contribution >= 4 is 11.9 Å². The fourth-order valence-corrected chi connectivity index (χ4v) is 5.85. The van der Waals surface area contributed by atoms with E-state index in [1.165, 1.54) is 12.0 Å². The summed E-state index contributed by atoms with van der Waals surface area (Å²) >= 11 is 0. The van der Waals surface area contributed by atoms with Gasteiger partial charge in [0, 0.05) is 38.2 Å². The van der Waals surface area contributed by atoms with Gasteiger partial charge >= 0.3 is 6.03 Å². The highest BCUT2D eigenvalue weighted by Crippen LogP contribution is 2.46. The molecule has 1 aromatic heterocycles. The second-order valence-electron chi connectivity index (χ2n) is 8.96. The first kappa shape index (κ1) is 20.0. The topological polar surface area (TPSA) is 65.5 Å². The average Bonchev–Trinajstić information content (AvgIpc) is 3.21. The van der Waals surface area contributed by atoms with Crippen molar-refractivity contribution in [2.75, 3.05) is 19.6 Å². The zero-order valence-corrected chi connectivity index (χ0v) is 17.9. The Morgan fingerprint density at radius 1 is 1.06 bits per heavy atom. The molecule has 2 aliphatic heterocycles. The summed E-state index contributed by atoms with van der Waals surface area (Å²) in [5, 5.41) is 3.14. The number of rotatable bonds is 4. The zero-order valence-electron chi connectivity index (χ0n) is 17.9. The van der Waals surface area contributed by atoms with Crippen LogP contribution in [0.5, 0.6) is 0 Å². The van der Waals surface area contributed by atoms with Crippen LogP contribution in [0.3, 0.4) is 0 Å². The van der Waals surface area contributed by atoms with Crippen molar-refractivity contribution in [1.29, 1.82) is 0 Å². The summed E-state index contributed by atoms with van der Waals surface area (Å²) in [4.78, 5) is 35.4. The van der Waals surface area contributed by atoms with Gasteiger partial charge in [-0.3, -0.25) is 14.7 Å². The largest absolute Gasteiger partial charge is 0.338 e. The molecule has 1 saturated heterocycles. The van der Waals surface area contributed by atoms with Crippen LogP contribution in [0.2, 0.25) is 0 Å². The minimum Gasteiger partial charge on any atom is -0.338 e. The Morgan fingerprint density at radius 2 is 1.87 bits per heavy atom. The molecule has 0 spiro atoms. The minimum atomic E-state index is -0.588. The summed E-state index contributed by atoms with van der Waals surface area (Å²) in [6, 6.07) is 13.8. The van der Waals surface area contributed by atoms with Gasteiger partial charge in [-0.1, -0.05) is 49.6 Å². The third kappa shape index (κ3) is 3.48. The Balaban J connectivity index is 1.41. The second-order valence-corrected chi connectivity index (χ2v) is 8.96. The number of aromatic nitrogens is 1. The molecule has 5 rings (SSSR count). The summed E-state index contributed by atoms with van der Waals surface area (Å²) in [6.45, 7) is 1.76. The predicted octanol–water partition coefficient (Wildman–Crippen LogP) is 3.62. The lowest BCUT2D eigenvalue weighted by atomic mass is 9.74. The number of nitrogens with one attached hydrogen (secondary N) is 1. The highest BCUT2D eigenvalue weighted by molar-refractivity contribution is 5.98. The summed E-state index contributed by atoms with van der Waals surface area (Å²) in [5.41, 5.74) is 2.15. The minimum absolute atomic E-state index is 0.0273. The van der Waals surface area contributed by atoms with E-state index in [1.807, 2.05) is 40.1 Å². The van der Waals surface area contributed by atoms with E-state index >= 15 is 0 Å². The second kappa shape index (κ2) is 8.33. The van der Waals surface area contributed by atoms with Gasteiger partial charge in [-0.15, -0.1) is 0 Å². The van der Waals surface area contributed by atoms with E-state index in [-0.39, 0.29) is 11.9 Å². The number of fused-ring (bicyclic) bond motifs is 2. The molecular formula is C25H30N4O2. The maximum Gasteiger partial charge on any atom is 0.319 e. The molecule has 0 bridgehead atoms.